The first kappa shape index (κ1) is 12.6. The molecule has 1 saturated heterocycles. The van der Waals surface area contributed by atoms with Gasteiger partial charge in [0, 0.05) is 12.1 Å². The minimum atomic E-state index is -3.32. The van der Waals surface area contributed by atoms with Gasteiger partial charge >= 0.3 is 0 Å². The highest BCUT2D eigenvalue weighted by molar-refractivity contribution is 7.89. The van der Waals surface area contributed by atoms with Crippen molar-refractivity contribution < 1.29 is 8.42 Å². The predicted octanol–water partition coefficient (Wildman–Crippen LogP) is 2.56. The molecule has 0 saturated carbocycles. The molecule has 0 spiro atoms. The van der Waals surface area contributed by atoms with E-state index in [2.05, 4.69) is 0 Å². The lowest BCUT2D eigenvalue weighted by Gasteiger charge is -2.25. The van der Waals surface area contributed by atoms with E-state index in [1.807, 2.05) is 32.9 Å². The van der Waals surface area contributed by atoms with Crippen LogP contribution in [0.15, 0.2) is 29.2 Å². The van der Waals surface area contributed by atoms with Gasteiger partial charge in [-0.3, -0.25) is 0 Å². The maximum atomic E-state index is 12.5. The summed E-state index contributed by atoms with van der Waals surface area (Å²) < 4.78 is 26.6. The summed E-state index contributed by atoms with van der Waals surface area (Å²) in [7, 11) is -3.32. The highest BCUT2D eigenvalue weighted by Crippen LogP contribution is 2.30. The Labute approximate surface area is 104 Å². The SMILES string of the molecule is Cc1ccc(S(=O)(=O)N2[C@H](C)CC[C@@H]2C)cc1. The molecule has 0 aliphatic carbocycles. The van der Waals surface area contributed by atoms with Gasteiger partial charge in [-0.05, 0) is 45.7 Å². The fourth-order valence-electron chi connectivity index (χ4n) is 2.48. The molecule has 1 aromatic rings. The number of aryl methyl sites for hydroxylation is 1. The van der Waals surface area contributed by atoms with Crippen LogP contribution in [0.4, 0.5) is 0 Å². The van der Waals surface area contributed by atoms with E-state index in [1.165, 1.54) is 0 Å². The molecule has 1 aliphatic rings. The maximum absolute atomic E-state index is 12.5. The van der Waals surface area contributed by atoms with E-state index in [0.717, 1.165) is 18.4 Å². The molecule has 0 radical (unpaired) electrons. The van der Waals surface area contributed by atoms with E-state index in [4.69, 9.17) is 0 Å². The Hall–Kier alpha value is -0.870. The number of nitrogens with zero attached hydrogens (tertiary/aromatic N) is 1. The fraction of sp³-hybridized carbons (Fsp3) is 0.538. The molecule has 94 valence electrons. The molecule has 1 aliphatic heterocycles. The minimum Gasteiger partial charge on any atom is -0.207 e. The number of hydrogen-bond acceptors (Lipinski definition) is 2. The Balaban J connectivity index is 2.39. The van der Waals surface area contributed by atoms with E-state index in [9.17, 15) is 8.42 Å². The van der Waals surface area contributed by atoms with Gasteiger partial charge < -0.3 is 0 Å². The molecule has 2 atom stereocenters. The predicted molar refractivity (Wildman–Crippen MR) is 68.4 cm³/mol. The van der Waals surface area contributed by atoms with Crippen molar-refractivity contribution in [1.82, 2.24) is 4.31 Å². The Bertz CT molecular complexity index is 483. The summed E-state index contributed by atoms with van der Waals surface area (Å²) in [4.78, 5) is 0.406. The summed E-state index contributed by atoms with van der Waals surface area (Å²) >= 11 is 0. The molecule has 2 rings (SSSR count). The van der Waals surface area contributed by atoms with E-state index in [0.29, 0.717) is 4.90 Å². The minimum absolute atomic E-state index is 0.108. The first-order chi connectivity index (χ1) is 7.93. The fourth-order valence-corrected chi connectivity index (χ4v) is 4.36. The lowest BCUT2D eigenvalue weighted by atomic mass is 10.2. The zero-order valence-corrected chi connectivity index (χ0v) is 11.4. The van der Waals surface area contributed by atoms with Gasteiger partial charge in [0.2, 0.25) is 10.0 Å². The highest BCUT2D eigenvalue weighted by Gasteiger charge is 2.37. The molecule has 0 unspecified atom stereocenters. The second-order valence-corrected chi connectivity index (χ2v) is 6.77. The highest BCUT2D eigenvalue weighted by atomic mass is 32.2. The van der Waals surface area contributed by atoms with Crippen LogP contribution in [-0.2, 0) is 10.0 Å². The Kier molecular flexibility index (Phi) is 3.27. The molecule has 4 heteroatoms. The van der Waals surface area contributed by atoms with Gasteiger partial charge in [0.1, 0.15) is 0 Å². The van der Waals surface area contributed by atoms with Gasteiger partial charge in [-0.1, -0.05) is 17.7 Å². The van der Waals surface area contributed by atoms with E-state index < -0.39 is 10.0 Å². The van der Waals surface area contributed by atoms with Crippen molar-refractivity contribution in [2.75, 3.05) is 0 Å². The average Bonchev–Trinajstić information content (AvgIpc) is 2.59. The topological polar surface area (TPSA) is 37.4 Å². The Morgan fingerprint density at radius 2 is 1.53 bits per heavy atom. The molecule has 0 amide bonds. The monoisotopic (exact) mass is 253 g/mol. The molecule has 0 aromatic heterocycles. The summed E-state index contributed by atoms with van der Waals surface area (Å²) in [6.07, 6.45) is 1.90. The van der Waals surface area contributed by atoms with Crippen LogP contribution in [0.1, 0.15) is 32.3 Å². The zero-order valence-electron chi connectivity index (χ0n) is 10.6. The van der Waals surface area contributed by atoms with E-state index in [1.54, 1.807) is 16.4 Å². The van der Waals surface area contributed by atoms with Crippen LogP contribution in [0.5, 0.6) is 0 Å². The van der Waals surface area contributed by atoms with Crippen LogP contribution in [-0.4, -0.2) is 24.8 Å². The molecular formula is C13H19NO2S. The largest absolute Gasteiger partial charge is 0.243 e. The van der Waals surface area contributed by atoms with Crippen molar-refractivity contribution in [3.63, 3.8) is 0 Å². The Morgan fingerprint density at radius 1 is 1.06 bits per heavy atom. The summed E-state index contributed by atoms with van der Waals surface area (Å²) in [6, 6.07) is 7.30. The van der Waals surface area contributed by atoms with Gasteiger partial charge in [0.15, 0.2) is 0 Å². The van der Waals surface area contributed by atoms with Gasteiger partial charge in [-0.15, -0.1) is 0 Å². The molecule has 0 bridgehead atoms. The standard InChI is InChI=1S/C13H19NO2S/c1-10-4-8-13(9-5-10)17(15,16)14-11(2)6-7-12(14)3/h4-5,8-9,11-12H,6-7H2,1-3H3/t11-,12+. The zero-order chi connectivity index (χ0) is 12.6. The quantitative estimate of drug-likeness (QED) is 0.812. The summed E-state index contributed by atoms with van der Waals surface area (Å²) in [5.74, 6) is 0. The van der Waals surface area contributed by atoms with Gasteiger partial charge in [-0.25, -0.2) is 8.42 Å². The molecule has 1 fully saturated rings. The third kappa shape index (κ3) is 2.24. The summed E-state index contributed by atoms with van der Waals surface area (Å²) in [6.45, 7) is 5.92. The lowest BCUT2D eigenvalue weighted by Crippen LogP contribution is -2.38. The number of hydrogen-bond donors (Lipinski definition) is 0. The van der Waals surface area contributed by atoms with Gasteiger partial charge in [0.05, 0.1) is 4.90 Å². The molecular weight excluding hydrogens is 234 g/mol. The molecule has 0 N–H and O–H groups in total. The molecule has 1 heterocycles. The van der Waals surface area contributed by atoms with Gasteiger partial charge in [0.25, 0.3) is 0 Å². The third-order valence-electron chi connectivity index (χ3n) is 3.47. The molecule has 17 heavy (non-hydrogen) atoms. The third-order valence-corrected chi connectivity index (χ3v) is 5.61. The maximum Gasteiger partial charge on any atom is 0.243 e. The summed E-state index contributed by atoms with van der Waals surface area (Å²) in [5.41, 5.74) is 1.08. The lowest BCUT2D eigenvalue weighted by molar-refractivity contribution is 0.350. The first-order valence-corrected chi connectivity index (χ1v) is 7.47. The second-order valence-electron chi connectivity index (χ2n) is 4.92. The van der Waals surface area contributed by atoms with Crippen molar-refractivity contribution in [3.05, 3.63) is 29.8 Å². The van der Waals surface area contributed by atoms with Crippen molar-refractivity contribution in [1.29, 1.82) is 0 Å². The van der Waals surface area contributed by atoms with Crippen molar-refractivity contribution in [2.24, 2.45) is 0 Å². The Morgan fingerprint density at radius 3 is 2.00 bits per heavy atom. The number of sulfonamides is 1. The normalized spacial score (nSPS) is 26.3. The van der Waals surface area contributed by atoms with Crippen LogP contribution in [0.25, 0.3) is 0 Å². The average molecular weight is 253 g/mol. The molecule has 3 nitrogen and oxygen atoms in total. The van der Waals surface area contributed by atoms with Crippen molar-refractivity contribution in [2.45, 2.75) is 50.6 Å². The number of benzene rings is 1. The van der Waals surface area contributed by atoms with Crippen LogP contribution in [0.3, 0.4) is 0 Å². The van der Waals surface area contributed by atoms with Crippen molar-refractivity contribution >= 4 is 10.0 Å². The summed E-state index contributed by atoms with van der Waals surface area (Å²) in [5, 5.41) is 0. The molecule has 1 aromatic carbocycles. The smallest absolute Gasteiger partial charge is 0.207 e. The van der Waals surface area contributed by atoms with Crippen LogP contribution in [0, 0.1) is 6.92 Å². The van der Waals surface area contributed by atoms with Crippen molar-refractivity contribution in [3.8, 4) is 0 Å². The first-order valence-electron chi connectivity index (χ1n) is 6.03. The second kappa shape index (κ2) is 4.42. The van der Waals surface area contributed by atoms with Gasteiger partial charge in [-0.2, -0.15) is 4.31 Å². The van der Waals surface area contributed by atoms with E-state index >= 15 is 0 Å². The van der Waals surface area contributed by atoms with Crippen LogP contribution < -0.4 is 0 Å². The van der Waals surface area contributed by atoms with Crippen LogP contribution >= 0.6 is 0 Å². The van der Waals surface area contributed by atoms with Crippen LogP contribution in [0.2, 0.25) is 0 Å². The number of rotatable bonds is 2. The van der Waals surface area contributed by atoms with E-state index in [-0.39, 0.29) is 12.1 Å².